The van der Waals surface area contributed by atoms with Gasteiger partial charge in [-0.15, -0.1) is 0 Å². The molecule has 0 saturated heterocycles. The summed E-state index contributed by atoms with van der Waals surface area (Å²) in [5.41, 5.74) is -0.796. The molecule has 0 unspecified atom stereocenters. The minimum atomic E-state index is -1.17. The molecule has 1 saturated carbocycles. The number of nitrogens with one attached hydrogen (secondary N) is 2. The highest BCUT2D eigenvalue weighted by Gasteiger charge is 2.45. The Hall–Kier alpha value is -1.63. The van der Waals surface area contributed by atoms with E-state index in [9.17, 15) is 14.0 Å². The van der Waals surface area contributed by atoms with E-state index in [4.69, 9.17) is 5.11 Å². The van der Waals surface area contributed by atoms with Gasteiger partial charge in [0.2, 0.25) is 0 Å². The van der Waals surface area contributed by atoms with Crippen LogP contribution in [0.2, 0.25) is 0 Å². The number of carboxylic acids is 1. The maximum atomic E-state index is 12.9. The predicted molar refractivity (Wildman–Crippen MR) is 70.5 cm³/mol. The molecule has 1 aliphatic carbocycles. The Bertz CT molecular complexity index is 532. The van der Waals surface area contributed by atoms with Crippen LogP contribution in [0.4, 0.5) is 14.9 Å². The van der Waals surface area contributed by atoms with E-state index >= 15 is 0 Å². The largest absolute Gasteiger partial charge is 0.480 e. The summed E-state index contributed by atoms with van der Waals surface area (Å²) in [4.78, 5) is 22.9. The fraction of sp³-hybridized carbons (Fsp3) is 0.333. The Morgan fingerprint density at radius 2 is 2.05 bits per heavy atom. The van der Waals surface area contributed by atoms with Crippen molar-refractivity contribution in [3.63, 3.8) is 0 Å². The Balaban J connectivity index is 2.03. The maximum absolute atomic E-state index is 12.9. The van der Waals surface area contributed by atoms with Gasteiger partial charge in [-0.1, -0.05) is 0 Å². The number of rotatable bonds is 3. The fourth-order valence-corrected chi connectivity index (χ4v) is 2.33. The third-order valence-corrected chi connectivity index (χ3v) is 3.80. The van der Waals surface area contributed by atoms with Gasteiger partial charge in [0, 0.05) is 4.47 Å². The maximum Gasteiger partial charge on any atom is 0.329 e. The number of amides is 2. The van der Waals surface area contributed by atoms with Crippen LogP contribution in [-0.2, 0) is 4.79 Å². The first-order valence-electron chi connectivity index (χ1n) is 5.70. The van der Waals surface area contributed by atoms with Crippen LogP contribution < -0.4 is 10.6 Å². The van der Waals surface area contributed by atoms with E-state index < -0.39 is 23.4 Å². The summed E-state index contributed by atoms with van der Waals surface area (Å²) in [6, 6.07) is 3.20. The monoisotopic (exact) mass is 330 g/mol. The van der Waals surface area contributed by atoms with Crippen LogP contribution in [0, 0.1) is 5.82 Å². The van der Waals surface area contributed by atoms with Crippen LogP contribution in [0.25, 0.3) is 0 Å². The normalized spacial score (nSPS) is 16.3. The molecule has 1 aromatic carbocycles. The number of benzene rings is 1. The summed E-state index contributed by atoms with van der Waals surface area (Å²) >= 11 is 3.12. The lowest BCUT2D eigenvalue weighted by atomic mass is 9.77. The van der Waals surface area contributed by atoms with Crippen LogP contribution in [0.1, 0.15) is 19.3 Å². The summed E-state index contributed by atoms with van der Waals surface area (Å²) in [5, 5.41) is 14.0. The van der Waals surface area contributed by atoms with Crippen molar-refractivity contribution in [3.8, 4) is 0 Å². The summed E-state index contributed by atoms with van der Waals surface area (Å²) in [5.74, 6) is -1.47. The number of aliphatic carboxylic acids is 1. The predicted octanol–water partition coefficient (Wildman–Crippen LogP) is 2.72. The highest BCUT2D eigenvalue weighted by molar-refractivity contribution is 9.10. The molecule has 1 fully saturated rings. The molecular formula is C12H12BrFN2O3. The number of anilines is 1. The number of halogens is 2. The second-order valence-electron chi connectivity index (χ2n) is 4.44. The first-order chi connectivity index (χ1) is 8.93. The van der Waals surface area contributed by atoms with Gasteiger partial charge in [0.25, 0.3) is 0 Å². The van der Waals surface area contributed by atoms with Crippen LogP contribution in [-0.4, -0.2) is 22.6 Å². The average molecular weight is 331 g/mol. The van der Waals surface area contributed by atoms with E-state index in [-0.39, 0.29) is 0 Å². The molecule has 1 aromatic rings. The molecule has 2 rings (SSSR count). The second-order valence-corrected chi connectivity index (χ2v) is 5.30. The van der Waals surface area contributed by atoms with Gasteiger partial charge in [-0.2, -0.15) is 0 Å². The molecule has 19 heavy (non-hydrogen) atoms. The van der Waals surface area contributed by atoms with Gasteiger partial charge in [0.15, 0.2) is 0 Å². The lowest BCUT2D eigenvalue weighted by Crippen LogP contribution is -2.60. The standard InChI is InChI=1S/C12H12BrFN2O3/c13-8-6-7(14)2-3-9(8)15-11(19)16-12(10(17)18)4-1-5-12/h2-3,6H,1,4-5H2,(H,17,18)(H2,15,16,19). The summed E-state index contributed by atoms with van der Waals surface area (Å²) in [6.45, 7) is 0. The first kappa shape index (κ1) is 13.8. The molecule has 2 amide bonds. The Kier molecular flexibility index (Phi) is 3.75. The minimum absolute atomic E-state index is 0.374. The van der Waals surface area contributed by atoms with E-state index in [1.807, 2.05) is 0 Å². The average Bonchev–Trinajstić information content (AvgIpc) is 2.27. The number of hydrogen-bond acceptors (Lipinski definition) is 2. The Labute approximate surface area is 117 Å². The van der Waals surface area contributed by atoms with Gasteiger partial charge in [0.05, 0.1) is 5.69 Å². The molecule has 0 bridgehead atoms. The molecule has 0 spiro atoms. The van der Waals surface area contributed by atoms with Crippen molar-refractivity contribution in [2.45, 2.75) is 24.8 Å². The third kappa shape index (κ3) is 2.86. The third-order valence-electron chi connectivity index (χ3n) is 3.15. The smallest absolute Gasteiger partial charge is 0.329 e. The molecule has 0 aliphatic heterocycles. The second kappa shape index (κ2) is 5.16. The van der Waals surface area contributed by atoms with Gasteiger partial charge in [-0.05, 0) is 53.4 Å². The Morgan fingerprint density at radius 3 is 2.53 bits per heavy atom. The molecule has 7 heteroatoms. The van der Waals surface area contributed by atoms with Crippen LogP contribution in [0.15, 0.2) is 22.7 Å². The number of carbonyl (C=O) groups excluding carboxylic acids is 1. The fourth-order valence-electron chi connectivity index (χ4n) is 1.88. The molecule has 3 N–H and O–H groups in total. The lowest BCUT2D eigenvalue weighted by molar-refractivity contribution is -0.148. The highest BCUT2D eigenvalue weighted by atomic mass is 79.9. The van der Waals surface area contributed by atoms with Gasteiger partial charge >= 0.3 is 12.0 Å². The minimum Gasteiger partial charge on any atom is -0.480 e. The summed E-state index contributed by atoms with van der Waals surface area (Å²) < 4.78 is 13.3. The number of carbonyl (C=O) groups is 2. The molecule has 102 valence electrons. The summed E-state index contributed by atoms with van der Waals surface area (Å²) in [7, 11) is 0. The van der Waals surface area contributed by atoms with Crippen molar-refractivity contribution in [1.82, 2.24) is 5.32 Å². The van der Waals surface area contributed by atoms with E-state index in [2.05, 4.69) is 26.6 Å². The molecule has 0 aromatic heterocycles. The molecule has 0 heterocycles. The molecule has 0 atom stereocenters. The van der Waals surface area contributed by atoms with Gasteiger partial charge in [0.1, 0.15) is 11.4 Å². The van der Waals surface area contributed by atoms with Crippen molar-refractivity contribution in [1.29, 1.82) is 0 Å². The molecular weight excluding hydrogens is 319 g/mol. The first-order valence-corrected chi connectivity index (χ1v) is 6.50. The molecule has 5 nitrogen and oxygen atoms in total. The van der Waals surface area contributed by atoms with Crippen molar-refractivity contribution in [2.24, 2.45) is 0 Å². The molecule has 1 aliphatic rings. The van der Waals surface area contributed by atoms with Crippen molar-refractivity contribution in [2.75, 3.05) is 5.32 Å². The van der Waals surface area contributed by atoms with E-state index in [1.165, 1.54) is 18.2 Å². The number of carboxylic acid groups (broad SMARTS) is 1. The number of urea groups is 1. The van der Waals surface area contributed by atoms with Crippen LogP contribution >= 0.6 is 15.9 Å². The topological polar surface area (TPSA) is 78.4 Å². The van der Waals surface area contributed by atoms with E-state index in [1.54, 1.807) is 0 Å². The highest BCUT2D eigenvalue weighted by Crippen LogP contribution is 2.32. The van der Waals surface area contributed by atoms with E-state index in [0.717, 1.165) is 6.42 Å². The Morgan fingerprint density at radius 1 is 1.37 bits per heavy atom. The van der Waals surface area contributed by atoms with E-state index in [0.29, 0.717) is 23.0 Å². The SMILES string of the molecule is O=C(Nc1ccc(F)cc1Br)NC1(C(=O)O)CCC1. The molecule has 0 radical (unpaired) electrons. The van der Waals surface area contributed by atoms with Gasteiger partial charge < -0.3 is 15.7 Å². The van der Waals surface area contributed by atoms with Crippen LogP contribution in [0.3, 0.4) is 0 Å². The quantitative estimate of drug-likeness (QED) is 0.797. The van der Waals surface area contributed by atoms with Gasteiger partial charge in [-0.3, -0.25) is 0 Å². The van der Waals surface area contributed by atoms with Crippen molar-refractivity contribution < 1.29 is 19.1 Å². The summed E-state index contributed by atoms with van der Waals surface area (Å²) in [6.07, 6.45) is 1.60. The van der Waals surface area contributed by atoms with Crippen molar-refractivity contribution >= 4 is 33.6 Å². The van der Waals surface area contributed by atoms with Gasteiger partial charge in [-0.25, -0.2) is 14.0 Å². The zero-order chi connectivity index (χ0) is 14.0. The number of hydrogen-bond donors (Lipinski definition) is 3. The zero-order valence-corrected chi connectivity index (χ0v) is 11.5. The lowest BCUT2D eigenvalue weighted by Gasteiger charge is -2.38. The van der Waals surface area contributed by atoms with Crippen LogP contribution in [0.5, 0.6) is 0 Å². The zero-order valence-electron chi connectivity index (χ0n) is 9.87. The van der Waals surface area contributed by atoms with Crippen molar-refractivity contribution in [3.05, 3.63) is 28.5 Å².